The van der Waals surface area contributed by atoms with Crippen LogP contribution in [0.15, 0.2) is 42.5 Å². The van der Waals surface area contributed by atoms with Gasteiger partial charge in [-0.3, -0.25) is 9.59 Å². The number of rotatable bonds is 1. The summed E-state index contributed by atoms with van der Waals surface area (Å²) in [7, 11) is 0. The molecule has 1 aliphatic carbocycles. The highest BCUT2D eigenvalue weighted by molar-refractivity contribution is 6.29. The molecule has 1 aliphatic rings. The lowest BCUT2D eigenvalue weighted by atomic mass is 9.93. The lowest BCUT2D eigenvalue weighted by molar-refractivity contribution is -0.137. The van der Waals surface area contributed by atoms with E-state index in [2.05, 4.69) is 0 Å². The Bertz CT molecular complexity index is 791. The van der Waals surface area contributed by atoms with Gasteiger partial charge in [0.05, 0.1) is 5.56 Å². The third kappa shape index (κ3) is 2.22. The molecule has 0 heterocycles. The molecule has 3 rings (SSSR count). The molecular weight excluding hydrogens is 293 g/mol. The number of carbonyl (C=O) groups is 2. The molecule has 0 fully saturated rings. The fourth-order valence-corrected chi connectivity index (χ4v) is 2.72. The van der Waals surface area contributed by atoms with Crippen molar-refractivity contribution in [2.24, 2.45) is 0 Å². The standard InChI is InChI=1S/C17H11F3O2/c1-9-3-2-4-10(7-9)14-15(21)12-6-5-11(17(18,19)20)8-13(12)16(14)22/h2-8,14H,1H3/t14-/m0/s1. The number of halogens is 3. The first kappa shape index (κ1) is 14.5. The van der Waals surface area contributed by atoms with Gasteiger partial charge >= 0.3 is 6.18 Å². The van der Waals surface area contributed by atoms with Gasteiger partial charge in [0.15, 0.2) is 11.6 Å². The summed E-state index contributed by atoms with van der Waals surface area (Å²) in [6.45, 7) is 1.82. The molecule has 0 amide bonds. The van der Waals surface area contributed by atoms with E-state index in [-0.39, 0.29) is 11.1 Å². The molecule has 2 nitrogen and oxygen atoms in total. The van der Waals surface area contributed by atoms with Gasteiger partial charge in [-0.15, -0.1) is 0 Å². The molecule has 22 heavy (non-hydrogen) atoms. The predicted molar refractivity (Wildman–Crippen MR) is 74.0 cm³/mol. The van der Waals surface area contributed by atoms with Crippen LogP contribution in [0.25, 0.3) is 0 Å². The Morgan fingerprint density at radius 3 is 2.23 bits per heavy atom. The molecule has 5 heteroatoms. The van der Waals surface area contributed by atoms with Crippen LogP contribution in [0.1, 0.15) is 43.3 Å². The van der Waals surface area contributed by atoms with E-state index < -0.39 is 29.2 Å². The van der Waals surface area contributed by atoms with Gasteiger partial charge in [0.1, 0.15) is 5.92 Å². The van der Waals surface area contributed by atoms with E-state index in [0.717, 1.165) is 23.8 Å². The third-order valence-corrected chi connectivity index (χ3v) is 3.78. The highest BCUT2D eigenvalue weighted by atomic mass is 19.4. The molecule has 0 saturated carbocycles. The van der Waals surface area contributed by atoms with Crippen molar-refractivity contribution in [3.8, 4) is 0 Å². The first-order valence-corrected chi connectivity index (χ1v) is 6.65. The molecule has 0 aliphatic heterocycles. The molecule has 2 aromatic carbocycles. The van der Waals surface area contributed by atoms with E-state index in [4.69, 9.17) is 0 Å². The fourth-order valence-electron chi connectivity index (χ4n) is 2.72. The summed E-state index contributed by atoms with van der Waals surface area (Å²) >= 11 is 0. The number of benzene rings is 2. The minimum Gasteiger partial charge on any atom is -0.293 e. The number of carbonyl (C=O) groups excluding carboxylic acids is 2. The zero-order valence-corrected chi connectivity index (χ0v) is 11.6. The highest BCUT2D eigenvalue weighted by Gasteiger charge is 2.41. The van der Waals surface area contributed by atoms with Crippen LogP contribution < -0.4 is 0 Å². The van der Waals surface area contributed by atoms with Gasteiger partial charge in [-0.05, 0) is 24.6 Å². The molecule has 0 unspecified atom stereocenters. The van der Waals surface area contributed by atoms with Crippen LogP contribution in [0.4, 0.5) is 13.2 Å². The van der Waals surface area contributed by atoms with Gasteiger partial charge < -0.3 is 0 Å². The fraction of sp³-hybridized carbons (Fsp3) is 0.176. The monoisotopic (exact) mass is 304 g/mol. The molecule has 0 saturated heterocycles. The molecule has 0 radical (unpaired) electrons. The van der Waals surface area contributed by atoms with Crippen molar-refractivity contribution in [2.45, 2.75) is 19.0 Å². The average Bonchev–Trinajstić information content (AvgIpc) is 2.69. The van der Waals surface area contributed by atoms with Crippen molar-refractivity contribution < 1.29 is 22.8 Å². The predicted octanol–water partition coefficient (Wildman–Crippen LogP) is 4.18. The SMILES string of the molecule is Cc1cccc([C@H]2C(=O)c3ccc(C(F)(F)F)cc3C2=O)c1. The number of hydrogen-bond donors (Lipinski definition) is 0. The Kier molecular flexibility index (Phi) is 3.16. The van der Waals surface area contributed by atoms with Crippen LogP contribution in [0, 0.1) is 6.92 Å². The van der Waals surface area contributed by atoms with E-state index in [9.17, 15) is 22.8 Å². The van der Waals surface area contributed by atoms with Crippen LogP contribution in [-0.4, -0.2) is 11.6 Å². The lowest BCUT2D eigenvalue weighted by Crippen LogP contribution is -2.12. The molecule has 0 spiro atoms. The first-order valence-electron chi connectivity index (χ1n) is 6.65. The van der Waals surface area contributed by atoms with Crippen LogP contribution in [0.3, 0.4) is 0 Å². The minimum absolute atomic E-state index is 0.0597. The lowest BCUT2D eigenvalue weighted by Gasteiger charge is -2.08. The van der Waals surface area contributed by atoms with Gasteiger partial charge in [0, 0.05) is 11.1 Å². The third-order valence-electron chi connectivity index (χ3n) is 3.78. The Balaban J connectivity index is 2.09. The van der Waals surface area contributed by atoms with Crippen LogP contribution in [0.2, 0.25) is 0 Å². The zero-order valence-electron chi connectivity index (χ0n) is 11.6. The summed E-state index contributed by atoms with van der Waals surface area (Å²) in [6, 6.07) is 9.58. The number of fused-ring (bicyclic) bond motifs is 1. The first-order chi connectivity index (χ1) is 10.3. The highest BCUT2D eigenvalue weighted by Crippen LogP contribution is 2.38. The zero-order chi connectivity index (χ0) is 16.1. The average molecular weight is 304 g/mol. The summed E-state index contributed by atoms with van der Waals surface area (Å²) in [5.74, 6) is -2.06. The van der Waals surface area contributed by atoms with Crippen LogP contribution >= 0.6 is 0 Å². The van der Waals surface area contributed by atoms with Crippen molar-refractivity contribution in [1.29, 1.82) is 0 Å². The number of alkyl halides is 3. The molecule has 2 aromatic rings. The van der Waals surface area contributed by atoms with E-state index in [0.29, 0.717) is 5.56 Å². The van der Waals surface area contributed by atoms with Gasteiger partial charge in [-0.25, -0.2) is 0 Å². The van der Waals surface area contributed by atoms with Gasteiger partial charge in [-0.1, -0.05) is 35.9 Å². The Morgan fingerprint density at radius 1 is 0.909 bits per heavy atom. The summed E-state index contributed by atoms with van der Waals surface area (Å²) in [5.41, 5.74) is 0.387. The Hall–Kier alpha value is -2.43. The molecular formula is C17H11F3O2. The largest absolute Gasteiger partial charge is 0.416 e. The second-order valence-corrected chi connectivity index (χ2v) is 5.33. The number of Topliss-reactive ketones (excluding diaryl/α,β-unsaturated/α-hetero) is 2. The maximum absolute atomic E-state index is 12.8. The second kappa shape index (κ2) is 4.80. The smallest absolute Gasteiger partial charge is 0.293 e. The van der Waals surface area contributed by atoms with E-state index in [1.165, 1.54) is 0 Å². The summed E-state index contributed by atoms with van der Waals surface area (Å²) in [5, 5.41) is 0. The van der Waals surface area contributed by atoms with Crippen molar-refractivity contribution in [3.63, 3.8) is 0 Å². The second-order valence-electron chi connectivity index (χ2n) is 5.33. The minimum atomic E-state index is -4.54. The normalized spacial score (nSPS) is 17.7. The number of aryl methyl sites for hydroxylation is 1. The molecule has 112 valence electrons. The molecule has 0 aromatic heterocycles. The Labute approximate surface area is 124 Å². The van der Waals surface area contributed by atoms with Crippen molar-refractivity contribution in [3.05, 3.63) is 70.3 Å². The molecule has 0 bridgehead atoms. The van der Waals surface area contributed by atoms with E-state index in [1.807, 2.05) is 13.0 Å². The van der Waals surface area contributed by atoms with Gasteiger partial charge in [0.2, 0.25) is 0 Å². The summed E-state index contributed by atoms with van der Waals surface area (Å²) in [6.07, 6.45) is -4.54. The van der Waals surface area contributed by atoms with Crippen molar-refractivity contribution in [2.75, 3.05) is 0 Å². The van der Waals surface area contributed by atoms with Crippen LogP contribution in [-0.2, 0) is 6.18 Å². The van der Waals surface area contributed by atoms with E-state index >= 15 is 0 Å². The molecule has 1 atom stereocenters. The summed E-state index contributed by atoms with van der Waals surface area (Å²) in [4.78, 5) is 24.8. The van der Waals surface area contributed by atoms with Crippen molar-refractivity contribution in [1.82, 2.24) is 0 Å². The van der Waals surface area contributed by atoms with Crippen molar-refractivity contribution >= 4 is 11.6 Å². The van der Waals surface area contributed by atoms with Gasteiger partial charge in [-0.2, -0.15) is 13.2 Å². The maximum Gasteiger partial charge on any atom is 0.416 e. The molecule has 0 N–H and O–H groups in total. The van der Waals surface area contributed by atoms with E-state index in [1.54, 1.807) is 18.2 Å². The Morgan fingerprint density at radius 2 is 1.59 bits per heavy atom. The van der Waals surface area contributed by atoms with Crippen LogP contribution in [0.5, 0.6) is 0 Å². The summed E-state index contributed by atoms with van der Waals surface area (Å²) < 4.78 is 38.3. The number of ketones is 2. The maximum atomic E-state index is 12.8. The number of hydrogen-bond acceptors (Lipinski definition) is 2. The van der Waals surface area contributed by atoms with Gasteiger partial charge in [0.25, 0.3) is 0 Å². The topological polar surface area (TPSA) is 34.1 Å². The quantitative estimate of drug-likeness (QED) is 0.741.